The van der Waals surface area contributed by atoms with Crippen LogP contribution >= 0.6 is 11.9 Å². The van der Waals surface area contributed by atoms with Gasteiger partial charge in [-0.3, -0.25) is 9.52 Å². The minimum atomic E-state index is -0.222. The molecule has 2 aliphatic heterocycles. The van der Waals surface area contributed by atoms with Crippen molar-refractivity contribution in [1.82, 2.24) is 24.5 Å². The Morgan fingerprint density at radius 2 is 1.81 bits per heavy atom. The lowest BCUT2D eigenvalue weighted by molar-refractivity contribution is 0.0984. The van der Waals surface area contributed by atoms with Gasteiger partial charge in [-0.05, 0) is 81.2 Å². The maximum absolute atomic E-state index is 13.8. The van der Waals surface area contributed by atoms with Crippen molar-refractivity contribution in [2.24, 2.45) is 11.8 Å². The summed E-state index contributed by atoms with van der Waals surface area (Å²) < 4.78 is 17.0. The minimum Gasteiger partial charge on any atom is -0.485 e. The first-order valence-electron chi connectivity index (χ1n) is 17.3. The van der Waals surface area contributed by atoms with E-state index in [9.17, 15) is 4.79 Å². The van der Waals surface area contributed by atoms with E-state index in [1.165, 1.54) is 37.6 Å². The number of ether oxygens (including phenoxy) is 2. The number of nitrogens with one attached hydrogen (secondary N) is 2. The Hall–Kier alpha value is -4.25. The number of fused-ring (bicyclic) bond motifs is 6. The van der Waals surface area contributed by atoms with Crippen molar-refractivity contribution >= 4 is 29.5 Å². The predicted octanol–water partition coefficient (Wildman–Crippen LogP) is 7.45. The zero-order valence-electron chi connectivity index (χ0n) is 27.9. The highest BCUT2D eigenvalue weighted by atomic mass is 32.2. The van der Waals surface area contributed by atoms with Gasteiger partial charge in [-0.1, -0.05) is 56.0 Å². The third-order valence-electron chi connectivity index (χ3n) is 9.77. The van der Waals surface area contributed by atoms with E-state index >= 15 is 0 Å². The topological polar surface area (TPSA) is 106 Å². The molecule has 1 saturated carbocycles. The number of hydrogen-bond acceptors (Lipinski definition) is 9. The van der Waals surface area contributed by atoms with E-state index in [4.69, 9.17) is 19.4 Å². The Bertz CT molecular complexity index is 1710. The Labute approximate surface area is 287 Å². The molecule has 10 nitrogen and oxygen atoms in total. The number of rotatable bonds is 8. The van der Waals surface area contributed by atoms with Gasteiger partial charge in [-0.25, -0.2) is 14.6 Å². The lowest BCUT2D eigenvalue weighted by Gasteiger charge is -2.34. The molecule has 48 heavy (non-hydrogen) atoms. The second kappa shape index (κ2) is 14.5. The summed E-state index contributed by atoms with van der Waals surface area (Å²) in [7, 11) is 0. The van der Waals surface area contributed by atoms with Crippen molar-refractivity contribution in [3.05, 3.63) is 78.0 Å². The Morgan fingerprint density at radius 3 is 2.67 bits per heavy atom. The smallest absolute Gasteiger partial charge is 0.265 e. The molecule has 11 heteroatoms. The lowest BCUT2D eigenvalue weighted by Crippen LogP contribution is -2.40. The SMILES string of the molecule is CC1(C)C[C@@H]2CCCNc3nc(ccc3OCc3ccccc3)SNC(=O)c3ccc(-n4ccc(OCCC5CCCC5)n4)nc3N1C2. The van der Waals surface area contributed by atoms with Crippen molar-refractivity contribution < 1.29 is 14.3 Å². The van der Waals surface area contributed by atoms with Crippen LogP contribution in [0.15, 0.2) is 71.9 Å². The van der Waals surface area contributed by atoms with Gasteiger partial charge in [0.1, 0.15) is 17.5 Å². The van der Waals surface area contributed by atoms with Crippen LogP contribution < -0.4 is 24.4 Å². The molecule has 1 aliphatic carbocycles. The van der Waals surface area contributed by atoms with E-state index in [2.05, 4.69) is 33.9 Å². The molecule has 1 atom stereocenters. The molecule has 0 spiro atoms. The Balaban J connectivity index is 1.12. The van der Waals surface area contributed by atoms with Crippen LogP contribution in [0.2, 0.25) is 0 Å². The minimum absolute atomic E-state index is 0.175. The molecule has 0 unspecified atom stereocenters. The van der Waals surface area contributed by atoms with Gasteiger partial charge in [0.2, 0.25) is 5.88 Å². The van der Waals surface area contributed by atoms with Crippen molar-refractivity contribution in [3.63, 3.8) is 0 Å². The van der Waals surface area contributed by atoms with E-state index in [1.54, 1.807) is 4.68 Å². The summed E-state index contributed by atoms with van der Waals surface area (Å²) in [5.41, 5.74) is 1.44. The molecule has 5 heterocycles. The van der Waals surface area contributed by atoms with Gasteiger partial charge in [0.25, 0.3) is 5.91 Å². The largest absolute Gasteiger partial charge is 0.485 e. The molecule has 252 valence electrons. The fourth-order valence-corrected chi connectivity index (χ4v) is 7.84. The molecule has 7 rings (SSSR count). The first-order valence-corrected chi connectivity index (χ1v) is 18.1. The number of nitrogens with zero attached hydrogens (tertiary/aromatic N) is 5. The number of benzene rings is 1. The Morgan fingerprint density at radius 1 is 0.958 bits per heavy atom. The highest BCUT2D eigenvalue weighted by Crippen LogP contribution is 2.40. The molecule has 4 bridgehead atoms. The van der Waals surface area contributed by atoms with Crippen molar-refractivity contribution in [1.29, 1.82) is 0 Å². The van der Waals surface area contributed by atoms with Crippen LogP contribution in [0.3, 0.4) is 0 Å². The van der Waals surface area contributed by atoms with Crippen LogP contribution in [0.25, 0.3) is 5.82 Å². The average Bonchev–Trinajstić information content (AvgIpc) is 3.86. The maximum atomic E-state index is 13.8. The van der Waals surface area contributed by atoms with Crippen molar-refractivity contribution in [2.45, 2.75) is 82.4 Å². The first kappa shape index (κ1) is 32.3. The molecule has 2 fully saturated rings. The summed E-state index contributed by atoms with van der Waals surface area (Å²) >= 11 is 1.19. The van der Waals surface area contributed by atoms with Crippen LogP contribution in [-0.2, 0) is 6.61 Å². The highest BCUT2D eigenvalue weighted by molar-refractivity contribution is 7.97. The summed E-state index contributed by atoms with van der Waals surface area (Å²) in [6, 6.07) is 19.5. The van der Waals surface area contributed by atoms with Gasteiger partial charge in [0.15, 0.2) is 17.4 Å². The summed E-state index contributed by atoms with van der Waals surface area (Å²) in [4.78, 5) is 26.0. The molecule has 1 amide bonds. The van der Waals surface area contributed by atoms with E-state index in [0.29, 0.717) is 58.8 Å². The second-order valence-corrected chi connectivity index (χ2v) is 14.6. The molecular formula is C37H45N7O3S. The normalized spacial score (nSPS) is 19.5. The summed E-state index contributed by atoms with van der Waals surface area (Å²) in [5, 5.41) is 8.86. The van der Waals surface area contributed by atoms with Crippen LogP contribution in [0, 0.1) is 11.8 Å². The molecule has 1 saturated heterocycles. The molecule has 3 aromatic heterocycles. The third-order valence-corrected chi connectivity index (χ3v) is 10.5. The third kappa shape index (κ3) is 7.56. The summed E-state index contributed by atoms with van der Waals surface area (Å²) in [6.45, 7) is 7.21. The summed E-state index contributed by atoms with van der Waals surface area (Å²) in [5.74, 6) is 4.30. The van der Waals surface area contributed by atoms with E-state index in [1.807, 2.05) is 66.9 Å². The highest BCUT2D eigenvalue weighted by Gasteiger charge is 2.40. The molecular weight excluding hydrogens is 623 g/mol. The quantitative estimate of drug-likeness (QED) is 0.185. The van der Waals surface area contributed by atoms with E-state index < -0.39 is 0 Å². The van der Waals surface area contributed by atoms with Crippen LogP contribution in [-0.4, -0.2) is 50.9 Å². The molecule has 4 aromatic rings. The van der Waals surface area contributed by atoms with Crippen LogP contribution in [0.1, 0.15) is 81.1 Å². The van der Waals surface area contributed by atoms with Crippen LogP contribution in [0.4, 0.5) is 11.6 Å². The zero-order valence-corrected chi connectivity index (χ0v) is 28.7. The lowest BCUT2D eigenvalue weighted by atomic mass is 9.93. The fourth-order valence-electron chi connectivity index (χ4n) is 7.26. The number of amides is 1. The van der Waals surface area contributed by atoms with Crippen molar-refractivity contribution in [2.75, 3.05) is 29.9 Å². The number of carbonyl (C=O) groups excluding carboxylic acids is 1. The molecule has 0 radical (unpaired) electrons. The van der Waals surface area contributed by atoms with Gasteiger partial charge in [-0.15, -0.1) is 5.10 Å². The zero-order chi connectivity index (χ0) is 32.9. The fraction of sp³-hybridized carbons (Fsp3) is 0.459. The maximum Gasteiger partial charge on any atom is 0.265 e. The van der Waals surface area contributed by atoms with Gasteiger partial charge < -0.3 is 19.7 Å². The molecule has 1 aromatic carbocycles. The molecule has 3 aliphatic rings. The number of hydrogen-bond donors (Lipinski definition) is 2. The number of aromatic nitrogens is 4. The Kier molecular flexibility index (Phi) is 9.74. The van der Waals surface area contributed by atoms with Gasteiger partial charge in [-0.2, -0.15) is 0 Å². The van der Waals surface area contributed by atoms with Crippen LogP contribution in [0.5, 0.6) is 11.6 Å². The predicted molar refractivity (Wildman–Crippen MR) is 189 cm³/mol. The van der Waals surface area contributed by atoms with Gasteiger partial charge in [0, 0.05) is 42.8 Å². The monoisotopic (exact) mass is 667 g/mol. The number of anilines is 2. The number of pyridine rings is 2. The summed E-state index contributed by atoms with van der Waals surface area (Å²) in [6.07, 6.45) is 11.3. The van der Waals surface area contributed by atoms with Gasteiger partial charge >= 0.3 is 0 Å². The second-order valence-electron chi connectivity index (χ2n) is 13.8. The number of carbonyl (C=O) groups is 1. The first-order chi connectivity index (χ1) is 23.4. The van der Waals surface area contributed by atoms with Gasteiger partial charge in [0.05, 0.1) is 12.2 Å². The molecule has 2 N–H and O–H groups in total. The average molecular weight is 668 g/mol. The van der Waals surface area contributed by atoms with Crippen molar-refractivity contribution in [3.8, 4) is 17.4 Å². The van der Waals surface area contributed by atoms with E-state index in [0.717, 1.165) is 50.3 Å². The standard InChI is InChI=1S/C37H45N7O3S/c1-37(2)23-28-13-8-20-38-34-30(47-25-27-11-4-3-5-12-27)15-17-33(40-34)48-42-36(45)29-14-16-31(39-35(29)43(37)24-28)44-21-18-32(41-44)46-22-19-26-9-6-7-10-26/h3-5,11-12,14-18,21,26,28H,6-10,13,19-20,22-25H2,1-2H3,(H,38,40)(H,42,45)/t28-/m0/s1. The van der Waals surface area contributed by atoms with E-state index in [-0.39, 0.29) is 11.4 Å².